The second-order valence-corrected chi connectivity index (χ2v) is 12.4. The molecule has 2 aliphatic carbocycles. The van der Waals surface area contributed by atoms with Gasteiger partial charge in [-0.1, -0.05) is 94.2 Å². The van der Waals surface area contributed by atoms with Crippen LogP contribution in [0.2, 0.25) is 0 Å². The van der Waals surface area contributed by atoms with Crippen molar-refractivity contribution < 1.29 is 4.57 Å². The number of halogens is 1. The highest BCUT2D eigenvalue weighted by atomic mass is 79.9. The van der Waals surface area contributed by atoms with Crippen LogP contribution in [0.4, 0.5) is 0 Å². The second-order valence-electron chi connectivity index (χ2n) is 11.5. The minimum Gasteiger partial charge on any atom is -0.198 e. The summed E-state index contributed by atoms with van der Waals surface area (Å²) in [5.74, 6) is 0. The molecule has 0 saturated carbocycles. The molecule has 2 heterocycles. The SMILES string of the molecule is [B]c1ccc2c(c1)C1(c3ccccc3-c3ccc(-c4ccc5c(c4)-c4cccc[n+]4CC5)cc31)c1cc(Br)ccc1-2. The van der Waals surface area contributed by atoms with Crippen LogP contribution in [-0.4, -0.2) is 7.85 Å². The first-order valence-corrected chi connectivity index (χ1v) is 15.0. The zero-order chi connectivity index (χ0) is 27.3. The molecule has 3 heteroatoms. The van der Waals surface area contributed by atoms with Crippen molar-refractivity contribution in [2.75, 3.05) is 0 Å². The second kappa shape index (κ2) is 8.41. The Hall–Kier alpha value is -4.21. The number of nitrogens with zero attached hydrogens (tertiary/aromatic N) is 1. The van der Waals surface area contributed by atoms with Crippen LogP contribution in [0.5, 0.6) is 0 Å². The van der Waals surface area contributed by atoms with Gasteiger partial charge in [0.05, 0.1) is 11.0 Å². The fourth-order valence-electron chi connectivity index (χ4n) is 7.72. The molecule has 1 nitrogen and oxygen atoms in total. The Labute approximate surface area is 249 Å². The third-order valence-electron chi connectivity index (χ3n) is 9.45. The van der Waals surface area contributed by atoms with E-state index in [0.29, 0.717) is 0 Å². The van der Waals surface area contributed by atoms with Gasteiger partial charge in [0.25, 0.3) is 0 Å². The van der Waals surface area contributed by atoms with Crippen molar-refractivity contribution in [2.45, 2.75) is 18.4 Å². The van der Waals surface area contributed by atoms with Crippen molar-refractivity contribution in [2.24, 2.45) is 0 Å². The average Bonchev–Trinajstić information content (AvgIpc) is 3.46. The van der Waals surface area contributed by atoms with Crippen LogP contribution in [0, 0.1) is 0 Å². The number of pyridine rings is 1. The number of rotatable bonds is 1. The lowest BCUT2D eigenvalue weighted by atomic mass is 9.69. The molecule has 3 aliphatic rings. The van der Waals surface area contributed by atoms with Crippen LogP contribution < -0.4 is 10.0 Å². The molecule has 0 amide bonds. The Morgan fingerprint density at radius 3 is 2.17 bits per heavy atom. The van der Waals surface area contributed by atoms with E-state index in [1.54, 1.807) is 0 Å². The lowest BCUT2D eigenvalue weighted by Crippen LogP contribution is -2.39. The third kappa shape index (κ3) is 3.10. The van der Waals surface area contributed by atoms with E-state index in [1.165, 1.54) is 72.5 Å². The lowest BCUT2D eigenvalue weighted by Gasteiger charge is -2.31. The van der Waals surface area contributed by atoms with Gasteiger partial charge in [-0.15, -0.1) is 0 Å². The van der Waals surface area contributed by atoms with Gasteiger partial charge in [0.15, 0.2) is 12.7 Å². The molecule has 190 valence electrons. The van der Waals surface area contributed by atoms with E-state index < -0.39 is 5.41 Å². The molecule has 41 heavy (non-hydrogen) atoms. The van der Waals surface area contributed by atoms with Crippen molar-refractivity contribution in [1.29, 1.82) is 0 Å². The minimum absolute atomic E-state index is 0.428. The van der Waals surface area contributed by atoms with Gasteiger partial charge in [-0.3, -0.25) is 0 Å². The van der Waals surface area contributed by atoms with E-state index in [0.717, 1.165) is 22.9 Å². The predicted molar refractivity (Wildman–Crippen MR) is 171 cm³/mol. The molecule has 1 atom stereocenters. The van der Waals surface area contributed by atoms with Crippen LogP contribution in [-0.2, 0) is 18.4 Å². The van der Waals surface area contributed by atoms with E-state index in [9.17, 15) is 0 Å². The number of aromatic nitrogens is 1. The fourth-order valence-corrected chi connectivity index (χ4v) is 8.08. The maximum absolute atomic E-state index is 6.50. The van der Waals surface area contributed by atoms with Gasteiger partial charge in [0.1, 0.15) is 7.85 Å². The van der Waals surface area contributed by atoms with Gasteiger partial charge in [0.2, 0.25) is 5.69 Å². The van der Waals surface area contributed by atoms with Crippen molar-refractivity contribution >= 4 is 29.2 Å². The van der Waals surface area contributed by atoms with Crippen molar-refractivity contribution in [3.63, 3.8) is 0 Å². The summed E-state index contributed by atoms with van der Waals surface area (Å²) in [6.45, 7) is 1.03. The molecule has 0 saturated heterocycles. The Balaban J connectivity index is 1.33. The molecule has 5 aromatic carbocycles. The van der Waals surface area contributed by atoms with Crippen molar-refractivity contribution in [3.8, 4) is 44.6 Å². The van der Waals surface area contributed by atoms with Gasteiger partial charge in [-0.25, -0.2) is 0 Å². The summed E-state index contributed by atoms with van der Waals surface area (Å²) in [7, 11) is 6.50. The number of hydrogen-bond donors (Lipinski definition) is 0. The van der Waals surface area contributed by atoms with Gasteiger partial charge < -0.3 is 0 Å². The Morgan fingerprint density at radius 2 is 1.27 bits per heavy atom. The fraction of sp³-hybridized carbons (Fsp3) is 0.0789. The average molecular weight is 585 g/mol. The van der Waals surface area contributed by atoms with E-state index >= 15 is 0 Å². The highest BCUT2D eigenvalue weighted by Crippen LogP contribution is 2.63. The summed E-state index contributed by atoms with van der Waals surface area (Å²) in [5.41, 5.74) is 17.3. The molecule has 1 unspecified atom stereocenters. The summed E-state index contributed by atoms with van der Waals surface area (Å²) < 4.78 is 3.46. The lowest BCUT2D eigenvalue weighted by molar-refractivity contribution is -0.687. The van der Waals surface area contributed by atoms with E-state index in [1.807, 2.05) is 6.07 Å². The van der Waals surface area contributed by atoms with Gasteiger partial charge in [-0.05, 0) is 91.5 Å². The largest absolute Gasteiger partial charge is 0.212 e. The quantitative estimate of drug-likeness (QED) is 0.137. The number of aryl methyl sites for hydroxylation is 2. The molecule has 9 rings (SSSR count). The first-order chi connectivity index (χ1) is 20.1. The molecule has 0 bridgehead atoms. The molecule has 0 fully saturated rings. The molecule has 6 aromatic rings. The Bertz CT molecular complexity index is 2040. The summed E-state index contributed by atoms with van der Waals surface area (Å²) in [6, 6.07) is 42.7. The van der Waals surface area contributed by atoms with Gasteiger partial charge in [0, 0.05) is 23.0 Å². The standard InChI is InChI=1S/C38H24BBrN/c39-26-11-14-30-31-15-12-27(40)22-36(31)38(35(30)21-26)33-6-2-1-5-28(33)29-13-10-25(20-34(29)38)24-9-8-23-16-18-41-17-4-3-7-37(41)32(23)19-24/h1-15,17,19-22H,16,18H2/q+1. The number of benzene rings is 5. The van der Waals surface area contributed by atoms with Crippen LogP contribution >= 0.6 is 15.9 Å². The van der Waals surface area contributed by atoms with Crippen LogP contribution in [0.1, 0.15) is 27.8 Å². The summed E-state index contributed by atoms with van der Waals surface area (Å²) >= 11 is 3.81. The van der Waals surface area contributed by atoms with E-state index in [2.05, 4.69) is 136 Å². The number of hydrogen-bond acceptors (Lipinski definition) is 0. The van der Waals surface area contributed by atoms with E-state index in [-0.39, 0.29) is 0 Å². The molecular weight excluding hydrogens is 561 g/mol. The summed E-state index contributed by atoms with van der Waals surface area (Å²) in [4.78, 5) is 0. The maximum Gasteiger partial charge on any atom is 0.212 e. The first kappa shape index (κ1) is 23.5. The number of fused-ring (bicyclic) bond motifs is 13. The van der Waals surface area contributed by atoms with Crippen LogP contribution in [0.25, 0.3) is 44.6 Å². The summed E-state index contributed by atoms with van der Waals surface area (Å²) in [5, 5.41) is 0. The molecule has 1 aliphatic heterocycles. The highest BCUT2D eigenvalue weighted by molar-refractivity contribution is 9.10. The molecular formula is C38H24BBrN+. The molecule has 0 N–H and O–H groups in total. The first-order valence-electron chi connectivity index (χ1n) is 14.2. The Morgan fingerprint density at radius 1 is 0.585 bits per heavy atom. The van der Waals surface area contributed by atoms with Gasteiger partial charge in [-0.2, -0.15) is 4.57 Å². The normalized spacial score (nSPS) is 16.9. The maximum atomic E-state index is 6.50. The Kier molecular flexibility index (Phi) is 4.82. The third-order valence-corrected chi connectivity index (χ3v) is 9.94. The topological polar surface area (TPSA) is 3.88 Å². The molecule has 1 spiro atoms. The zero-order valence-corrected chi connectivity index (χ0v) is 23.9. The van der Waals surface area contributed by atoms with E-state index in [4.69, 9.17) is 7.85 Å². The van der Waals surface area contributed by atoms with Crippen molar-refractivity contribution in [3.05, 3.63) is 154 Å². The van der Waals surface area contributed by atoms with Gasteiger partial charge >= 0.3 is 0 Å². The minimum atomic E-state index is -0.428. The zero-order valence-electron chi connectivity index (χ0n) is 22.4. The highest BCUT2D eigenvalue weighted by Gasteiger charge is 2.51. The predicted octanol–water partition coefficient (Wildman–Crippen LogP) is 7.76. The molecule has 1 aromatic heterocycles. The van der Waals surface area contributed by atoms with Crippen LogP contribution in [0.3, 0.4) is 0 Å². The van der Waals surface area contributed by atoms with Crippen LogP contribution in [0.15, 0.2) is 126 Å². The monoisotopic (exact) mass is 584 g/mol. The summed E-state index contributed by atoms with van der Waals surface area (Å²) in [6.07, 6.45) is 3.25. The molecule has 2 radical (unpaired) electrons. The van der Waals surface area contributed by atoms with Crippen molar-refractivity contribution in [1.82, 2.24) is 0 Å². The smallest absolute Gasteiger partial charge is 0.198 e.